The summed E-state index contributed by atoms with van der Waals surface area (Å²) in [5.74, 6) is 1.03. The minimum absolute atomic E-state index is 0.00258. The Kier molecular flexibility index (Phi) is 6.36. The highest BCUT2D eigenvalue weighted by molar-refractivity contribution is 6.03. The second-order valence-corrected chi connectivity index (χ2v) is 10.1. The van der Waals surface area contributed by atoms with Gasteiger partial charge in [-0.3, -0.25) is 4.79 Å². The Morgan fingerprint density at radius 3 is 2.08 bits per heavy atom. The second kappa shape index (κ2) is 9.04. The molecule has 1 aliphatic rings. The maximum Gasteiger partial charge on any atom is 0.322 e. The van der Waals surface area contributed by atoms with Gasteiger partial charge in [0.15, 0.2) is 11.4 Å². The second-order valence-electron chi connectivity index (χ2n) is 10.1. The molecule has 1 amide bonds. The maximum absolute atomic E-state index is 12.9. The number of aromatic nitrogens is 2. The van der Waals surface area contributed by atoms with Gasteiger partial charge < -0.3 is 28.7 Å². The van der Waals surface area contributed by atoms with Crippen molar-refractivity contribution in [2.24, 2.45) is 5.92 Å². The van der Waals surface area contributed by atoms with Crippen LogP contribution in [0.4, 0.5) is 5.69 Å². The van der Waals surface area contributed by atoms with E-state index in [4.69, 9.17) is 23.4 Å². The van der Waals surface area contributed by atoms with Gasteiger partial charge in [-0.15, -0.1) is 0 Å². The average molecular weight is 496 g/mol. The quantitative estimate of drug-likeness (QED) is 0.448. The summed E-state index contributed by atoms with van der Waals surface area (Å²) in [5.41, 5.74) is 3.82. The van der Waals surface area contributed by atoms with Crippen LogP contribution in [0.3, 0.4) is 0 Å². The molecule has 1 N–H and O–H groups in total. The van der Waals surface area contributed by atoms with Gasteiger partial charge in [-0.1, -0.05) is 40.7 Å². The molecule has 36 heavy (non-hydrogen) atoms. The Morgan fingerprint density at radius 2 is 1.53 bits per heavy atom. The van der Waals surface area contributed by atoms with Crippen LogP contribution in [-0.2, 0) is 10.8 Å². The first-order valence-corrected chi connectivity index (χ1v) is 11.7. The molecule has 1 aromatic carbocycles. The highest BCUT2D eigenvalue weighted by atomic mass is 16.6. The van der Waals surface area contributed by atoms with Crippen LogP contribution in [0.1, 0.15) is 61.9 Å². The lowest BCUT2D eigenvalue weighted by atomic mass is 9.71. The summed E-state index contributed by atoms with van der Waals surface area (Å²) in [4.78, 5) is 21.1. The summed E-state index contributed by atoms with van der Waals surface area (Å²) in [6, 6.07) is 7.49. The molecule has 1 atom stereocenters. The summed E-state index contributed by atoms with van der Waals surface area (Å²) < 4.78 is 27.4. The predicted octanol–water partition coefficient (Wildman–Crippen LogP) is 5.65. The van der Waals surface area contributed by atoms with E-state index in [-0.39, 0.29) is 46.0 Å². The first kappa shape index (κ1) is 25.3. The van der Waals surface area contributed by atoms with E-state index in [1.165, 1.54) is 38.5 Å². The van der Waals surface area contributed by atoms with Gasteiger partial charge in [0, 0.05) is 6.07 Å². The zero-order chi connectivity index (χ0) is 26.4. The molecule has 0 radical (unpaired) electrons. The molecule has 2 aromatic heterocycles. The van der Waals surface area contributed by atoms with E-state index in [2.05, 4.69) is 62.0 Å². The smallest absolute Gasteiger partial charge is 0.322 e. The number of hydrogen-bond donors (Lipinski definition) is 1. The number of amides is 1. The molecule has 2 heterocycles. The molecule has 0 spiro atoms. The van der Waals surface area contributed by atoms with Crippen LogP contribution in [0, 0.1) is 12.8 Å². The molecule has 9 nitrogen and oxygen atoms in total. The van der Waals surface area contributed by atoms with Gasteiger partial charge in [0.2, 0.25) is 11.8 Å². The minimum Gasteiger partial charge on any atom is -0.479 e. The van der Waals surface area contributed by atoms with Gasteiger partial charge >= 0.3 is 6.01 Å². The van der Waals surface area contributed by atoms with E-state index in [1.807, 2.05) is 6.92 Å². The van der Waals surface area contributed by atoms with Crippen LogP contribution in [0.25, 0.3) is 0 Å². The van der Waals surface area contributed by atoms with Crippen molar-refractivity contribution in [3.63, 3.8) is 0 Å². The molecule has 3 aromatic rings. The number of fused-ring (bicyclic) bond motifs is 1. The third-order valence-corrected chi connectivity index (χ3v) is 7.51. The van der Waals surface area contributed by atoms with Gasteiger partial charge in [-0.05, 0) is 52.5 Å². The molecule has 0 saturated carbocycles. The van der Waals surface area contributed by atoms with Gasteiger partial charge in [0.05, 0.1) is 21.3 Å². The van der Waals surface area contributed by atoms with E-state index in [0.717, 1.165) is 5.56 Å². The fraction of sp³-hybridized carbons (Fsp3) is 0.444. The molecule has 0 fully saturated rings. The topological polar surface area (TPSA) is 105 Å². The number of anilines is 1. The number of ether oxygens (including phenoxy) is 4. The Balaban J connectivity index is 1.58. The number of carbonyl (C=O) groups is 1. The average Bonchev–Trinajstić information content (AvgIpc) is 3.36. The summed E-state index contributed by atoms with van der Waals surface area (Å²) in [7, 11) is 4.25. The number of nitrogens with one attached hydrogen (secondary N) is 1. The van der Waals surface area contributed by atoms with Crippen LogP contribution in [0.2, 0.25) is 0 Å². The zero-order valence-electron chi connectivity index (χ0n) is 22.2. The van der Waals surface area contributed by atoms with Gasteiger partial charge in [0.1, 0.15) is 5.75 Å². The Labute approximate surface area is 211 Å². The van der Waals surface area contributed by atoms with E-state index >= 15 is 0 Å². The highest BCUT2D eigenvalue weighted by Crippen LogP contribution is 2.55. The minimum atomic E-state index is -0.544. The van der Waals surface area contributed by atoms with Crippen molar-refractivity contribution in [2.45, 2.75) is 52.4 Å². The lowest BCUT2D eigenvalue weighted by molar-refractivity contribution is 0.0990. The molecular weight excluding hydrogens is 462 g/mol. The molecule has 192 valence electrons. The zero-order valence-corrected chi connectivity index (χ0v) is 22.2. The van der Waals surface area contributed by atoms with Crippen molar-refractivity contribution in [2.75, 3.05) is 26.6 Å². The number of hydrogen-bond acceptors (Lipinski definition) is 8. The summed E-state index contributed by atoms with van der Waals surface area (Å²) in [6.07, 6.45) is 0. The SMILES string of the molecule is COc1nc(OC)c(NC(=O)c2ccc(Oc3cc4c(cc3C)C(C)(C)C(C)C4(C)C)o2)c(OC)n1. The fourth-order valence-corrected chi connectivity index (χ4v) is 4.91. The normalized spacial score (nSPS) is 17.3. The number of furan rings is 1. The number of carbonyl (C=O) groups excluding carboxylic acids is 1. The third kappa shape index (κ3) is 4.12. The summed E-state index contributed by atoms with van der Waals surface area (Å²) in [5, 5.41) is 2.68. The van der Waals surface area contributed by atoms with Crippen LogP contribution in [-0.4, -0.2) is 37.2 Å². The van der Waals surface area contributed by atoms with E-state index in [9.17, 15) is 4.79 Å². The van der Waals surface area contributed by atoms with Gasteiger partial charge in [-0.2, -0.15) is 9.97 Å². The van der Waals surface area contributed by atoms with Crippen LogP contribution in [0.5, 0.6) is 29.5 Å². The van der Waals surface area contributed by atoms with Crippen molar-refractivity contribution in [1.29, 1.82) is 0 Å². The van der Waals surface area contributed by atoms with Gasteiger partial charge in [-0.25, -0.2) is 0 Å². The largest absolute Gasteiger partial charge is 0.479 e. The number of benzene rings is 1. The molecule has 1 unspecified atom stereocenters. The molecule has 1 aliphatic carbocycles. The van der Waals surface area contributed by atoms with Crippen molar-refractivity contribution in [3.8, 4) is 29.5 Å². The predicted molar refractivity (Wildman–Crippen MR) is 135 cm³/mol. The van der Waals surface area contributed by atoms with Crippen LogP contribution in [0.15, 0.2) is 28.7 Å². The number of methoxy groups -OCH3 is 3. The van der Waals surface area contributed by atoms with E-state index < -0.39 is 5.91 Å². The molecule has 0 bridgehead atoms. The fourth-order valence-electron chi connectivity index (χ4n) is 4.91. The monoisotopic (exact) mass is 495 g/mol. The molecule has 9 heteroatoms. The summed E-state index contributed by atoms with van der Waals surface area (Å²) >= 11 is 0. The summed E-state index contributed by atoms with van der Waals surface area (Å²) in [6.45, 7) is 13.4. The first-order chi connectivity index (χ1) is 16.9. The van der Waals surface area contributed by atoms with E-state index in [0.29, 0.717) is 11.7 Å². The van der Waals surface area contributed by atoms with Crippen molar-refractivity contribution in [1.82, 2.24) is 9.97 Å². The van der Waals surface area contributed by atoms with Crippen LogP contribution >= 0.6 is 0 Å². The molecule has 0 aliphatic heterocycles. The number of aryl methyl sites for hydroxylation is 1. The Bertz CT molecular complexity index is 1290. The lowest BCUT2D eigenvalue weighted by Gasteiger charge is -2.32. The highest BCUT2D eigenvalue weighted by Gasteiger charge is 2.48. The van der Waals surface area contributed by atoms with Crippen LogP contribution < -0.4 is 24.3 Å². The molecule has 4 rings (SSSR count). The standard InChI is InChI=1S/C27H33N3O6/c1-14-12-16-17(27(5,6)15(2)26(16,3)4)13-19(14)36-20-11-10-18(35-20)22(31)28-21-23(32-7)29-25(34-9)30-24(21)33-8/h10-13,15H,1-9H3,(H,28,31). The Morgan fingerprint density at radius 1 is 0.944 bits per heavy atom. The third-order valence-electron chi connectivity index (χ3n) is 7.51. The number of rotatable bonds is 7. The first-order valence-electron chi connectivity index (χ1n) is 11.7. The van der Waals surface area contributed by atoms with Gasteiger partial charge in [0.25, 0.3) is 11.9 Å². The van der Waals surface area contributed by atoms with Crippen molar-refractivity contribution >= 4 is 11.6 Å². The maximum atomic E-state index is 12.9. The Hall–Kier alpha value is -3.75. The van der Waals surface area contributed by atoms with Crippen molar-refractivity contribution in [3.05, 3.63) is 46.7 Å². The molecular formula is C27H33N3O6. The van der Waals surface area contributed by atoms with E-state index in [1.54, 1.807) is 6.07 Å². The number of nitrogens with zero attached hydrogens (tertiary/aromatic N) is 2. The lowest BCUT2D eigenvalue weighted by Crippen LogP contribution is -2.30. The molecule has 0 saturated heterocycles. The van der Waals surface area contributed by atoms with Crippen molar-refractivity contribution < 1.29 is 28.2 Å².